The summed E-state index contributed by atoms with van der Waals surface area (Å²) in [5.74, 6) is -11.2. The molecule has 0 atom stereocenters. The third-order valence-corrected chi connectivity index (χ3v) is 5.36. The van der Waals surface area contributed by atoms with E-state index in [1.807, 2.05) is 0 Å². The highest BCUT2D eigenvalue weighted by Gasteiger charge is 2.29. The van der Waals surface area contributed by atoms with Crippen LogP contribution in [0.2, 0.25) is 0 Å². The average Bonchev–Trinajstić information content (AvgIpc) is 2.80. The molecule has 0 saturated heterocycles. The normalized spacial score (nSPS) is 11.1. The monoisotopic (exact) mass is 456 g/mol. The predicted octanol–water partition coefficient (Wildman–Crippen LogP) is 8.13. The Morgan fingerprint density at radius 2 is 1.16 bits per heavy atom. The lowest BCUT2D eigenvalue weighted by atomic mass is 9.98. The van der Waals surface area contributed by atoms with Gasteiger partial charge in [0, 0.05) is 5.56 Å². The average molecular weight is 456 g/mol. The molecule has 2 nitrogen and oxygen atoms in total. The molecule has 2 rings (SSSR count). The second-order valence-corrected chi connectivity index (χ2v) is 7.81. The van der Waals surface area contributed by atoms with Crippen LogP contribution < -0.4 is 0 Å². The zero-order chi connectivity index (χ0) is 23.5. The molecule has 0 aliphatic rings. The van der Waals surface area contributed by atoms with Gasteiger partial charge < -0.3 is 4.74 Å². The van der Waals surface area contributed by atoms with Crippen LogP contribution in [0.15, 0.2) is 24.3 Å². The van der Waals surface area contributed by atoms with Gasteiger partial charge in [-0.2, -0.15) is 0 Å². The highest BCUT2D eigenvalue weighted by molar-refractivity contribution is 5.97. The molecule has 0 radical (unpaired) electrons. The first kappa shape index (κ1) is 25.8. The molecule has 32 heavy (non-hydrogen) atoms. The Hall–Kier alpha value is -2.44. The summed E-state index contributed by atoms with van der Waals surface area (Å²) in [7, 11) is 0. The van der Waals surface area contributed by atoms with Crippen molar-refractivity contribution in [1.29, 1.82) is 0 Å². The van der Waals surface area contributed by atoms with Crippen LogP contribution in [-0.2, 0) is 4.74 Å². The second kappa shape index (κ2) is 13.2. The molecule has 0 unspecified atom stereocenters. The summed E-state index contributed by atoms with van der Waals surface area (Å²) in [5.41, 5.74) is -1.82. The van der Waals surface area contributed by atoms with Crippen LogP contribution in [0.3, 0.4) is 0 Å². The summed E-state index contributed by atoms with van der Waals surface area (Å²) in [6.45, 7) is 2.30. The fraction of sp³-hybridized carbons (Fsp3) is 0.480. The molecule has 0 N–H and O–H groups in total. The third kappa shape index (κ3) is 6.78. The largest absolute Gasteiger partial charge is 0.462 e. The van der Waals surface area contributed by atoms with Crippen molar-refractivity contribution in [3.05, 3.63) is 58.9 Å². The van der Waals surface area contributed by atoms with E-state index in [-0.39, 0.29) is 12.2 Å². The number of rotatable bonds is 13. The van der Waals surface area contributed by atoms with Crippen LogP contribution in [0, 0.1) is 29.1 Å². The van der Waals surface area contributed by atoms with Gasteiger partial charge in [-0.1, -0.05) is 82.9 Å². The first-order valence-electron chi connectivity index (χ1n) is 11.2. The van der Waals surface area contributed by atoms with Gasteiger partial charge in [0.25, 0.3) is 0 Å². The highest BCUT2D eigenvalue weighted by atomic mass is 19.2. The maximum absolute atomic E-state index is 14.2. The molecule has 2 aromatic carbocycles. The fourth-order valence-corrected chi connectivity index (χ4v) is 3.55. The molecule has 0 spiro atoms. The molecule has 7 heteroatoms. The summed E-state index contributed by atoms with van der Waals surface area (Å²) in [6.07, 6.45) is 11.1. The van der Waals surface area contributed by atoms with Gasteiger partial charge in [0.2, 0.25) is 5.82 Å². The maximum Gasteiger partial charge on any atom is 0.338 e. The van der Waals surface area contributed by atoms with Crippen molar-refractivity contribution in [2.75, 3.05) is 6.61 Å². The number of esters is 1. The number of unbranched alkanes of at least 4 members (excludes halogenated alkanes) is 9. The maximum atomic E-state index is 14.2. The molecule has 0 heterocycles. The minimum Gasteiger partial charge on any atom is -0.462 e. The van der Waals surface area contributed by atoms with E-state index in [0.29, 0.717) is 6.42 Å². The summed E-state index contributed by atoms with van der Waals surface area (Å²) in [6, 6.07) is 5.11. The summed E-state index contributed by atoms with van der Waals surface area (Å²) in [5, 5.41) is 0. The van der Waals surface area contributed by atoms with E-state index in [4.69, 9.17) is 4.74 Å². The lowest BCUT2D eigenvalue weighted by Crippen LogP contribution is -2.10. The van der Waals surface area contributed by atoms with Crippen molar-refractivity contribution < 1.29 is 31.5 Å². The molecular formula is C25H29F5O2. The van der Waals surface area contributed by atoms with Crippen LogP contribution in [-0.4, -0.2) is 12.6 Å². The first-order chi connectivity index (χ1) is 15.4. The van der Waals surface area contributed by atoms with Gasteiger partial charge in [0.15, 0.2) is 23.3 Å². The van der Waals surface area contributed by atoms with E-state index in [0.717, 1.165) is 25.3 Å². The predicted molar refractivity (Wildman–Crippen MR) is 114 cm³/mol. The van der Waals surface area contributed by atoms with Crippen molar-refractivity contribution in [3.8, 4) is 11.1 Å². The van der Waals surface area contributed by atoms with Gasteiger partial charge in [-0.05, 0) is 12.5 Å². The number of carbonyl (C=O) groups excluding carboxylic acids is 1. The number of hydrogen-bond donors (Lipinski definition) is 0. The van der Waals surface area contributed by atoms with Crippen molar-refractivity contribution >= 4 is 5.97 Å². The Morgan fingerprint density at radius 1 is 0.688 bits per heavy atom. The lowest BCUT2D eigenvalue weighted by Gasteiger charge is -2.12. The Labute approximate surface area is 185 Å². The molecule has 0 aliphatic carbocycles. The van der Waals surface area contributed by atoms with E-state index in [1.54, 1.807) is 0 Å². The van der Waals surface area contributed by atoms with Gasteiger partial charge in [0.1, 0.15) is 0 Å². The topological polar surface area (TPSA) is 26.3 Å². The third-order valence-electron chi connectivity index (χ3n) is 5.36. The molecule has 2 aromatic rings. The highest BCUT2D eigenvalue weighted by Crippen LogP contribution is 2.33. The Balaban J connectivity index is 1.91. The zero-order valence-corrected chi connectivity index (χ0v) is 18.3. The van der Waals surface area contributed by atoms with Crippen LogP contribution >= 0.6 is 0 Å². The van der Waals surface area contributed by atoms with Crippen molar-refractivity contribution in [3.63, 3.8) is 0 Å². The molecule has 176 valence electrons. The number of benzene rings is 2. The van der Waals surface area contributed by atoms with Gasteiger partial charge in [-0.15, -0.1) is 0 Å². The van der Waals surface area contributed by atoms with E-state index < -0.39 is 46.2 Å². The summed E-state index contributed by atoms with van der Waals surface area (Å²) < 4.78 is 74.1. The van der Waals surface area contributed by atoms with E-state index in [9.17, 15) is 26.7 Å². The summed E-state index contributed by atoms with van der Waals surface area (Å²) in [4.78, 5) is 12.4. The quantitative estimate of drug-likeness (QED) is 0.1000. The van der Waals surface area contributed by atoms with Gasteiger partial charge in [0.05, 0.1) is 17.7 Å². The standard InChI is InChI=1S/C25H29F5O2/c1-2-3-4-5-6-7-8-9-10-13-16-32-25(31)18-15-12-11-14-17(18)19-20(26)22(28)24(30)23(29)21(19)27/h11-12,14-15H,2-10,13,16H2,1H3. The zero-order valence-electron chi connectivity index (χ0n) is 18.3. The number of ether oxygens (including phenoxy) is 1. The molecule has 0 bridgehead atoms. The second-order valence-electron chi connectivity index (χ2n) is 7.81. The van der Waals surface area contributed by atoms with E-state index in [1.165, 1.54) is 56.7 Å². The van der Waals surface area contributed by atoms with Crippen LogP contribution in [0.1, 0.15) is 81.5 Å². The van der Waals surface area contributed by atoms with E-state index in [2.05, 4.69) is 6.92 Å². The fourth-order valence-electron chi connectivity index (χ4n) is 3.55. The van der Waals surface area contributed by atoms with Crippen LogP contribution in [0.5, 0.6) is 0 Å². The SMILES string of the molecule is CCCCCCCCCCCCOC(=O)c1ccccc1-c1c(F)c(F)c(F)c(F)c1F. The van der Waals surface area contributed by atoms with Gasteiger partial charge in [-0.3, -0.25) is 0 Å². The van der Waals surface area contributed by atoms with Gasteiger partial charge >= 0.3 is 5.97 Å². The van der Waals surface area contributed by atoms with Crippen LogP contribution in [0.25, 0.3) is 11.1 Å². The minimum atomic E-state index is -2.25. The van der Waals surface area contributed by atoms with Crippen molar-refractivity contribution in [2.45, 2.75) is 71.1 Å². The van der Waals surface area contributed by atoms with Crippen LogP contribution in [0.4, 0.5) is 22.0 Å². The van der Waals surface area contributed by atoms with E-state index >= 15 is 0 Å². The lowest BCUT2D eigenvalue weighted by molar-refractivity contribution is 0.0498. The van der Waals surface area contributed by atoms with Crippen molar-refractivity contribution in [2.24, 2.45) is 0 Å². The Bertz CT molecular complexity index is 869. The Morgan fingerprint density at radius 3 is 1.72 bits per heavy atom. The summed E-state index contributed by atoms with van der Waals surface area (Å²) >= 11 is 0. The molecule has 0 saturated carbocycles. The first-order valence-corrected chi connectivity index (χ1v) is 11.2. The van der Waals surface area contributed by atoms with Gasteiger partial charge in [-0.25, -0.2) is 26.7 Å². The number of hydrogen-bond acceptors (Lipinski definition) is 2. The Kier molecular flexibility index (Phi) is 10.6. The molecular weight excluding hydrogens is 427 g/mol. The number of carbonyl (C=O) groups is 1. The number of halogens is 5. The minimum absolute atomic E-state index is 0.112. The molecule has 0 amide bonds. The van der Waals surface area contributed by atoms with Crippen molar-refractivity contribution in [1.82, 2.24) is 0 Å². The smallest absolute Gasteiger partial charge is 0.338 e. The molecule has 0 fully saturated rings. The molecule has 0 aromatic heterocycles. The molecule has 0 aliphatic heterocycles.